The second kappa shape index (κ2) is 6.57. The number of aromatic nitrogens is 3. The van der Waals surface area contributed by atoms with Gasteiger partial charge >= 0.3 is 5.97 Å². The minimum absolute atomic E-state index is 0.0810. The van der Waals surface area contributed by atoms with Crippen molar-refractivity contribution in [1.82, 2.24) is 19.9 Å². The van der Waals surface area contributed by atoms with Gasteiger partial charge in [0.25, 0.3) is 0 Å². The van der Waals surface area contributed by atoms with Gasteiger partial charge in [-0.1, -0.05) is 11.8 Å². The minimum atomic E-state index is -0.908. The lowest BCUT2D eigenvalue weighted by atomic mass is 10.3. The van der Waals surface area contributed by atoms with Crippen LogP contribution in [0, 0.1) is 6.92 Å². The largest absolute Gasteiger partial charge is 0.481 e. The number of carboxylic acids is 1. The zero-order valence-electron chi connectivity index (χ0n) is 11.8. The maximum absolute atomic E-state index is 11.4. The predicted molar refractivity (Wildman–Crippen MR) is 79.3 cm³/mol. The SMILES string of the molecule is CNC(=O)CCn1c(SCC(=O)O)nc2c(C)ccnc21. The first-order chi connectivity index (χ1) is 10.0. The number of nitrogens with zero attached hydrogens (tertiary/aromatic N) is 3. The van der Waals surface area contributed by atoms with E-state index in [-0.39, 0.29) is 18.1 Å². The summed E-state index contributed by atoms with van der Waals surface area (Å²) in [5.41, 5.74) is 2.38. The quantitative estimate of drug-likeness (QED) is 0.774. The number of hydrogen-bond donors (Lipinski definition) is 2. The van der Waals surface area contributed by atoms with Crippen molar-refractivity contribution in [3.05, 3.63) is 17.8 Å². The molecule has 0 bridgehead atoms. The Bertz CT molecular complexity index is 683. The lowest BCUT2D eigenvalue weighted by Gasteiger charge is -2.07. The van der Waals surface area contributed by atoms with Crippen molar-refractivity contribution in [2.45, 2.75) is 25.0 Å². The maximum Gasteiger partial charge on any atom is 0.313 e. The molecule has 1 amide bonds. The molecule has 8 heteroatoms. The lowest BCUT2D eigenvalue weighted by molar-refractivity contribution is -0.134. The molecular formula is C13H16N4O3S. The number of nitrogens with one attached hydrogen (secondary N) is 1. The molecule has 0 aliphatic carbocycles. The molecule has 0 saturated carbocycles. The molecule has 2 N–H and O–H groups in total. The van der Waals surface area contributed by atoms with Gasteiger partial charge in [-0.3, -0.25) is 9.59 Å². The lowest BCUT2D eigenvalue weighted by Crippen LogP contribution is -2.19. The molecule has 7 nitrogen and oxygen atoms in total. The van der Waals surface area contributed by atoms with Crippen molar-refractivity contribution in [1.29, 1.82) is 0 Å². The van der Waals surface area contributed by atoms with Crippen molar-refractivity contribution in [3.63, 3.8) is 0 Å². The second-order valence-corrected chi connectivity index (χ2v) is 5.39. The van der Waals surface area contributed by atoms with Crippen molar-refractivity contribution in [2.75, 3.05) is 12.8 Å². The summed E-state index contributed by atoms with van der Waals surface area (Å²) in [6, 6.07) is 1.85. The van der Waals surface area contributed by atoms with Gasteiger partial charge in [-0.05, 0) is 18.6 Å². The van der Waals surface area contributed by atoms with Crippen molar-refractivity contribution < 1.29 is 14.7 Å². The van der Waals surface area contributed by atoms with E-state index in [1.54, 1.807) is 17.8 Å². The number of aryl methyl sites for hydroxylation is 2. The third kappa shape index (κ3) is 3.52. The number of amides is 1. The Hall–Kier alpha value is -2.09. The van der Waals surface area contributed by atoms with Crippen molar-refractivity contribution in [2.24, 2.45) is 0 Å². The highest BCUT2D eigenvalue weighted by Crippen LogP contribution is 2.24. The topological polar surface area (TPSA) is 97.1 Å². The van der Waals surface area contributed by atoms with Crippen LogP contribution < -0.4 is 5.32 Å². The van der Waals surface area contributed by atoms with Crippen molar-refractivity contribution >= 4 is 34.8 Å². The first kappa shape index (κ1) is 15.3. The van der Waals surface area contributed by atoms with Gasteiger partial charge in [0.1, 0.15) is 5.52 Å². The Kier molecular flexibility index (Phi) is 4.79. The van der Waals surface area contributed by atoms with E-state index in [1.165, 1.54) is 0 Å². The van der Waals surface area contributed by atoms with Gasteiger partial charge in [0.15, 0.2) is 10.8 Å². The summed E-state index contributed by atoms with van der Waals surface area (Å²) in [5, 5.41) is 11.9. The van der Waals surface area contributed by atoms with Crippen LogP contribution >= 0.6 is 11.8 Å². The molecule has 0 unspecified atom stereocenters. The minimum Gasteiger partial charge on any atom is -0.481 e. The summed E-state index contributed by atoms with van der Waals surface area (Å²) in [5.74, 6) is -1.07. The van der Waals surface area contributed by atoms with Crippen molar-refractivity contribution in [3.8, 4) is 0 Å². The number of carbonyl (C=O) groups excluding carboxylic acids is 1. The normalized spacial score (nSPS) is 10.8. The molecule has 0 fully saturated rings. The van der Waals surface area contributed by atoms with Crippen LogP contribution in [0.3, 0.4) is 0 Å². The monoisotopic (exact) mass is 308 g/mol. The number of carboxylic acid groups (broad SMARTS) is 1. The molecule has 0 saturated heterocycles. The molecule has 112 valence electrons. The molecule has 2 rings (SSSR count). The van der Waals surface area contributed by atoms with Crippen LogP contribution in [0.1, 0.15) is 12.0 Å². The Morgan fingerprint density at radius 2 is 2.24 bits per heavy atom. The molecule has 0 spiro atoms. The van der Waals surface area contributed by atoms with E-state index in [2.05, 4.69) is 15.3 Å². The summed E-state index contributed by atoms with van der Waals surface area (Å²) >= 11 is 1.13. The first-order valence-corrected chi connectivity index (χ1v) is 7.38. The third-order valence-electron chi connectivity index (χ3n) is 2.97. The Morgan fingerprint density at radius 3 is 2.90 bits per heavy atom. The van der Waals surface area contributed by atoms with Gasteiger partial charge in [-0.15, -0.1) is 0 Å². The van der Waals surface area contributed by atoms with Gasteiger partial charge in [-0.25, -0.2) is 9.97 Å². The van der Waals surface area contributed by atoms with Gasteiger partial charge in [0, 0.05) is 26.2 Å². The average molecular weight is 308 g/mol. The Balaban J connectivity index is 2.37. The highest BCUT2D eigenvalue weighted by Gasteiger charge is 2.15. The maximum atomic E-state index is 11.4. The van der Waals surface area contributed by atoms with Gasteiger partial charge in [0.2, 0.25) is 5.91 Å². The number of thioether (sulfide) groups is 1. The van der Waals surface area contributed by atoms with Crippen LogP contribution in [-0.2, 0) is 16.1 Å². The van der Waals surface area contributed by atoms with Crippen LogP contribution in [0.25, 0.3) is 11.2 Å². The molecule has 0 aliphatic heterocycles. The van der Waals surface area contributed by atoms with Gasteiger partial charge < -0.3 is 15.0 Å². The van der Waals surface area contributed by atoms with Crippen LogP contribution in [0.15, 0.2) is 17.4 Å². The summed E-state index contributed by atoms with van der Waals surface area (Å²) in [4.78, 5) is 30.9. The number of rotatable bonds is 6. The van der Waals surface area contributed by atoms with E-state index < -0.39 is 5.97 Å². The third-order valence-corrected chi connectivity index (χ3v) is 3.93. The second-order valence-electron chi connectivity index (χ2n) is 4.45. The molecule has 0 atom stereocenters. The summed E-state index contributed by atoms with van der Waals surface area (Å²) < 4.78 is 1.80. The highest BCUT2D eigenvalue weighted by atomic mass is 32.2. The zero-order valence-corrected chi connectivity index (χ0v) is 12.6. The standard InChI is InChI=1S/C13H16N4O3S/c1-8-3-5-15-12-11(8)16-13(21-7-10(19)20)17(12)6-4-9(18)14-2/h3,5H,4,6-7H2,1-2H3,(H,14,18)(H,19,20). The highest BCUT2D eigenvalue weighted by molar-refractivity contribution is 7.99. The smallest absolute Gasteiger partial charge is 0.313 e. The molecule has 2 aromatic heterocycles. The molecule has 0 radical (unpaired) electrons. The Labute approximate surface area is 125 Å². The van der Waals surface area contributed by atoms with Crippen LogP contribution in [-0.4, -0.2) is 44.3 Å². The summed E-state index contributed by atoms with van der Waals surface area (Å²) in [6.07, 6.45) is 1.97. The van der Waals surface area contributed by atoms with E-state index in [9.17, 15) is 9.59 Å². The zero-order chi connectivity index (χ0) is 15.4. The first-order valence-electron chi connectivity index (χ1n) is 6.40. The van der Waals surface area contributed by atoms with Gasteiger partial charge in [0.05, 0.1) is 5.75 Å². The number of hydrogen-bond acceptors (Lipinski definition) is 5. The fraction of sp³-hybridized carbons (Fsp3) is 0.385. The number of fused-ring (bicyclic) bond motifs is 1. The molecule has 2 aromatic rings. The molecule has 0 aliphatic rings. The van der Waals surface area contributed by atoms with E-state index >= 15 is 0 Å². The Morgan fingerprint density at radius 1 is 1.48 bits per heavy atom. The molecule has 2 heterocycles. The van der Waals surface area contributed by atoms with Crippen LogP contribution in [0.2, 0.25) is 0 Å². The predicted octanol–water partition coefficient (Wildman–Crippen LogP) is 1.05. The number of imidazole rings is 1. The fourth-order valence-electron chi connectivity index (χ4n) is 1.89. The molecule has 0 aromatic carbocycles. The van der Waals surface area contributed by atoms with E-state index in [4.69, 9.17) is 5.11 Å². The van der Waals surface area contributed by atoms with E-state index in [1.807, 2.05) is 13.0 Å². The summed E-state index contributed by atoms with van der Waals surface area (Å²) in [6.45, 7) is 2.33. The average Bonchev–Trinajstić information content (AvgIpc) is 2.82. The molecular weight excluding hydrogens is 292 g/mol. The van der Waals surface area contributed by atoms with Crippen LogP contribution in [0.4, 0.5) is 0 Å². The van der Waals surface area contributed by atoms with Gasteiger partial charge in [-0.2, -0.15) is 0 Å². The number of carbonyl (C=O) groups is 2. The van der Waals surface area contributed by atoms with Crippen LogP contribution in [0.5, 0.6) is 0 Å². The van der Waals surface area contributed by atoms with E-state index in [0.29, 0.717) is 17.3 Å². The summed E-state index contributed by atoms with van der Waals surface area (Å²) in [7, 11) is 1.58. The molecule has 21 heavy (non-hydrogen) atoms. The van der Waals surface area contributed by atoms with E-state index in [0.717, 1.165) is 22.8 Å². The fourth-order valence-corrected chi connectivity index (χ4v) is 2.64. The number of pyridine rings is 1. The number of aliphatic carboxylic acids is 1.